The van der Waals surface area contributed by atoms with Crippen molar-refractivity contribution in [3.05, 3.63) is 63.9 Å². The second-order valence-corrected chi connectivity index (χ2v) is 9.31. The Balaban J connectivity index is 1.69. The van der Waals surface area contributed by atoms with Gasteiger partial charge in [0.25, 0.3) is 5.56 Å². The minimum atomic E-state index is -0.778. The lowest BCUT2D eigenvalue weighted by Crippen LogP contribution is -2.49. The number of carbonyl (C=O) groups is 1. The van der Waals surface area contributed by atoms with Gasteiger partial charge in [0.05, 0.1) is 28.4 Å². The zero-order valence-corrected chi connectivity index (χ0v) is 19.2. The summed E-state index contributed by atoms with van der Waals surface area (Å²) in [6.45, 7) is 3.98. The van der Waals surface area contributed by atoms with Crippen molar-refractivity contribution >= 4 is 28.6 Å². The molecule has 32 heavy (non-hydrogen) atoms. The lowest BCUT2D eigenvalue weighted by molar-refractivity contribution is -0.120. The summed E-state index contributed by atoms with van der Waals surface area (Å²) >= 11 is 1.22. The standard InChI is InChI=1S/C25H26N4O2S/c1-17-9-8-12-21(18(17)2)29-23(31)19-10-4-5-11-20(19)27-24(29)32-15-22(30)28-25(16-26)13-6-3-7-14-25/h4-5,8-12H,3,6-7,13-15H2,1-2H3,(H,28,30). The van der Waals surface area contributed by atoms with Crippen molar-refractivity contribution < 1.29 is 4.79 Å². The summed E-state index contributed by atoms with van der Waals surface area (Å²) in [5.41, 5.74) is 2.49. The molecule has 0 bridgehead atoms. The van der Waals surface area contributed by atoms with Gasteiger partial charge in [-0.25, -0.2) is 4.98 Å². The van der Waals surface area contributed by atoms with Gasteiger partial charge in [0.15, 0.2) is 5.16 Å². The van der Waals surface area contributed by atoms with E-state index in [0.29, 0.717) is 28.9 Å². The third-order valence-electron chi connectivity index (χ3n) is 6.19. The largest absolute Gasteiger partial charge is 0.337 e. The van der Waals surface area contributed by atoms with Crippen LogP contribution >= 0.6 is 11.8 Å². The molecule has 0 saturated heterocycles. The van der Waals surface area contributed by atoms with E-state index in [1.807, 2.05) is 44.2 Å². The van der Waals surface area contributed by atoms with Gasteiger partial charge in [0.1, 0.15) is 5.54 Å². The van der Waals surface area contributed by atoms with E-state index in [0.717, 1.165) is 36.1 Å². The average Bonchev–Trinajstić information content (AvgIpc) is 2.81. The summed E-state index contributed by atoms with van der Waals surface area (Å²) in [5, 5.41) is 13.6. The van der Waals surface area contributed by atoms with Gasteiger partial charge < -0.3 is 5.32 Å². The predicted octanol–water partition coefficient (Wildman–Crippen LogP) is 4.44. The van der Waals surface area contributed by atoms with Crippen molar-refractivity contribution in [3.8, 4) is 11.8 Å². The quantitative estimate of drug-likeness (QED) is 0.462. The zero-order valence-electron chi connectivity index (χ0n) is 18.4. The van der Waals surface area contributed by atoms with Crippen molar-refractivity contribution in [1.29, 1.82) is 5.26 Å². The van der Waals surface area contributed by atoms with Crippen LogP contribution in [0.1, 0.15) is 43.2 Å². The highest BCUT2D eigenvalue weighted by Gasteiger charge is 2.33. The normalized spacial score (nSPS) is 15.3. The van der Waals surface area contributed by atoms with E-state index in [1.54, 1.807) is 16.7 Å². The van der Waals surface area contributed by atoms with Crippen molar-refractivity contribution in [3.63, 3.8) is 0 Å². The number of carbonyl (C=O) groups excluding carboxylic acids is 1. The van der Waals surface area contributed by atoms with Gasteiger partial charge in [-0.05, 0) is 56.0 Å². The number of benzene rings is 2. The number of nitrogens with one attached hydrogen (secondary N) is 1. The first kappa shape index (κ1) is 22.1. The number of aryl methyl sites for hydroxylation is 1. The second-order valence-electron chi connectivity index (χ2n) is 8.36. The van der Waals surface area contributed by atoms with E-state index in [1.165, 1.54) is 11.8 Å². The molecule has 1 aliphatic rings. The topological polar surface area (TPSA) is 87.8 Å². The molecule has 0 radical (unpaired) electrons. The molecule has 1 fully saturated rings. The highest BCUT2D eigenvalue weighted by atomic mass is 32.2. The third-order valence-corrected chi connectivity index (χ3v) is 7.13. The average molecular weight is 447 g/mol. The molecule has 1 saturated carbocycles. The van der Waals surface area contributed by atoms with Crippen LogP contribution in [0.15, 0.2) is 52.4 Å². The van der Waals surface area contributed by atoms with Crippen LogP contribution in [0, 0.1) is 25.2 Å². The van der Waals surface area contributed by atoms with E-state index in [9.17, 15) is 14.9 Å². The Labute approximate surface area is 191 Å². The van der Waals surface area contributed by atoms with Crippen LogP contribution in [-0.2, 0) is 4.79 Å². The SMILES string of the molecule is Cc1cccc(-n2c(SCC(=O)NC3(C#N)CCCCC3)nc3ccccc3c2=O)c1C. The summed E-state index contributed by atoms with van der Waals surface area (Å²) in [4.78, 5) is 30.9. The van der Waals surface area contributed by atoms with E-state index in [-0.39, 0.29) is 17.2 Å². The molecule has 1 N–H and O–H groups in total. The number of rotatable bonds is 5. The van der Waals surface area contributed by atoms with Crippen LogP contribution in [0.4, 0.5) is 0 Å². The fourth-order valence-electron chi connectivity index (χ4n) is 4.25. The maximum absolute atomic E-state index is 13.4. The zero-order chi connectivity index (χ0) is 22.7. The maximum atomic E-state index is 13.4. The molecule has 2 aromatic carbocycles. The van der Waals surface area contributed by atoms with Crippen LogP contribution in [0.2, 0.25) is 0 Å². The third kappa shape index (κ3) is 4.28. The molecule has 7 heteroatoms. The number of thioether (sulfide) groups is 1. The molecule has 3 aromatic rings. The summed E-state index contributed by atoms with van der Waals surface area (Å²) < 4.78 is 1.60. The predicted molar refractivity (Wildman–Crippen MR) is 127 cm³/mol. The van der Waals surface area contributed by atoms with Crippen molar-refractivity contribution in [2.75, 3.05) is 5.75 Å². The Hall–Kier alpha value is -3.11. The van der Waals surface area contributed by atoms with Crippen molar-refractivity contribution in [2.45, 2.75) is 56.6 Å². The van der Waals surface area contributed by atoms with Crippen molar-refractivity contribution in [2.24, 2.45) is 0 Å². The van der Waals surface area contributed by atoms with Gasteiger partial charge in [-0.15, -0.1) is 0 Å². The van der Waals surface area contributed by atoms with Gasteiger partial charge in [-0.3, -0.25) is 14.2 Å². The van der Waals surface area contributed by atoms with E-state index >= 15 is 0 Å². The number of hydrogen-bond donors (Lipinski definition) is 1. The van der Waals surface area contributed by atoms with Crippen LogP contribution in [0.5, 0.6) is 0 Å². The fraction of sp³-hybridized carbons (Fsp3) is 0.360. The maximum Gasteiger partial charge on any atom is 0.266 e. The monoisotopic (exact) mass is 446 g/mol. The lowest BCUT2D eigenvalue weighted by Gasteiger charge is -2.31. The van der Waals surface area contributed by atoms with Gasteiger partial charge in [-0.1, -0.05) is 55.3 Å². The van der Waals surface area contributed by atoms with Crippen molar-refractivity contribution in [1.82, 2.24) is 14.9 Å². The van der Waals surface area contributed by atoms with Crippen LogP contribution in [-0.4, -0.2) is 26.8 Å². The Kier molecular flexibility index (Phi) is 6.33. The van der Waals surface area contributed by atoms with Gasteiger partial charge in [-0.2, -0.15) is 5.26 Å². The molecule has 1 aliphatic carbocycles. The molecular weight excluding hydrogens is 420 g/mol. The minimum Gasteiger partial charge on any atom is -0.337 e. The highest BCUT2D eigenvalue weighted by molar-refractivity contribution is 7.99. The highest BCUT2D eigenvalue weighted by Crippen LogP contribution is 2.28. The molecule has 0 spiro atoms. The summed E-state index contributed by atoms with van der Waals surface area (Å²) in [6.07, 6.45) is 4.35. The second kappa shape index (κ2) is 9.17. The van der Waals surface area contributed by atoms with Gasteiger partial charge >= 0.3 is 0 Å². The number of para-hydroxylation sites is 1. The molecule has 1 aromatic heterocycles. The number of nitriles is 1. The number of nitrogens with zero attached hydrogens (tertiary/aromatic N) is 3. The molecule has 0 atom stereocenters. The Morgan fingerprint density at radius 3 is 2.66 bits per heavy atom. The Morgan fingerprint density at radius 1 is 1.16 bits per heavy atom. The fourth-order valence-corrected chi connectivity index (χ4v) is 5.06. The lowest BCUT2D eigenvalue weighted by atomic mass is 9.83. The van der Waals surface area contributed by atoms with E-state index < -0.39 is 5.54 Å². The first-order valence-electron chi connectivity index (χ1n) is 10.9. The van der Waals surface area contributed by atoms with Crippen LogP contribution in [0.25, 0.3) is 16.6 Å². The smallest absolute Gasteiger partial charge is 0.266 e. The summed E-state index contributed by atoms with van der Waals surface area (Å²) in [5.74, 6) is -0.132. The molecular formula is C25H26N4O2S. The molecule has 164 valence electrons. The number of hydrogen-bond acceptors (Lipinski definition) is 5. The number of aromatic nitrogens is 2. The minimum absolute atomic E-state index is 0.0824. The molecule has 1 heterocycles. The molecule has 1 amide bonds. The van der Waals surface area contributed by atoms with Gasteiger partial charge in [0.2, 0.25) is 5.91 Å². The number of amides is 1. The summed E-state index contributed by atoms with van der Waals surface area (Å²) in [6, 6.07) is 15.4. The molecule has 0 unspecified atom stereocenters. The number of fused-ring (bicyclic) bond motifs is 1. The summed E-state index contributed by atoms with van der Waals surface area (Å²) in [7, 11) is 0. The molecule has 0 aliphatic heterocycles. The van der Waals surface area contributed by atoms with E-state index in [2.05, 4.69) is 11.4 Å². The first-order valence-corrected chi connectivity index (χ1v) is 11.9. The van der Waals surface area contributed by atoms with Crippen LogP contribution in [0.3, 0.4) is 0 Å². The Morgan fingerprint density at radius 2 is 1.91 bits per heavy atom. The molecule has 4 rings (SSSR count). The van der Waals surface area contributed by atoms with E-state index in [4.69, 9.17) is 4.98 Å². The Bertz CT molecular complexity index is 1270. The first-order chi connectivity index (χ1) is 15.4. The van der Waals surface area contributed by atoms with Gasteiger partial charge in [0, 0.05) is 0 Å². The van der Waals surface area contributed by atoms with Crippen LogP contribution < -0.4 is 10.9 Å². The molecule has 6 nitrogen and oxygen atoms in total.